The molecule has 1 saturated heterocycles. The van der Waals surface area contributed by atoms with Gasteiger partial charge in [0, 0.05) is 25.7 Å². The van der Waals surface area contributed by atoms with Crippen LogP contribution in [0.3, 0.4) is 0 Å². The molecule has 6 nitrogen and oxygen atoms in total. The summed E-state index contributed by atoms with van der Waals surface area (Å²) in [6.07, 6.45) is 1.08. The Kier molecular flexibility index (Phi) is 6.67. The second-order valence-electron chi connectivity index (χ2n) is 6.99. The summed E-state index contributed by atoms with van der Waals surface area (Å²) in [6.45, 7) is 1.04. The molecule has 162 valence electrons. The Morgan fingerprint density at radius 3 is 2.57 bits per heavy atom. The van der Waals surface area contributed by atoms with Crippen LogP contribution >= 0.6 is 0 Å². The van der Waals surface area contributed by atoms with E-state index in [1.165, 1.54) is 12.3 Å². The number of sulfonamides is 1. The van der Waals surface area contributed by atoms with Gasteiger partial charge in [-0.05, 0) is 55.2 Å². The van der Waals surface area contributed by atoms with Crippen molar-refractivity contribution in [2.24, 2.45) is 5.92 Å². The minimum atomic E-state index is -4.61. The number of halogens is 3. The Labute approximate surface area is 172 Å². The Bertz CT molecular complexity index is 993. The molecule has 1 aromatic heterocycles. The van der Waals surface area contributed by atoms with Crippen molar-refractivity contribution in [2.45, 2.75) is 23.9 Å². The van der Waals surface area contributed by atoms with Crippen molar-refractivity contribution in [3.8, 4) is 0 Å². The Morgan fingerprint density at radius 1 is 1.20 bits per heavy atom. The van der Waals surface area contributed by atoms with Crippen LogP contribution in [0.5, 0.6) is 0 Å². The van der Waals surface area contributed by atoms with Gasteiger partial charge in [-0.15, -0.1) is 0 Å². The molecule has 1 aliphatic rings. The van der Waals surface area contributed by atoms with Gasteiger partial charge in [0.05, 0.1) is 16.7 Å². The zero-order valence-electron chi connectivity index (χ0n) is 15.9. The molecule has 2 heterocycles. The van der Waals surface area contributed by atoms with E-state index in [-0.39, 0.29) is 18.4 Å². The number of likely N-dealkylation sites (tertiary alicyclic amines) is 1. The first-order valence-corrected chi connectivity index (χ1v) is 10.8. The molecule has 3 rings (SSSR count). The third-order valence-electron chi connectivity index (χ3n) is 4.89. The minimum absolute atomic E-state index is 0.0105. The van der Waals surface area contributed by atoms with Gasteiger partial charge in [0.15, 0.2) is 0 Å². The molecule has 10 heteroatoms. The summed E-state index contributed by atoms with van der Waals surface area (Å²) in [5, 5.41) is 0. The van der Waals surface area contributed by atoms with Crippen molar-refractivity contribution in [3.05, 3.63) is 60.1 Å². The van der Waals surface area contributed by atoms with Gasteiger partial charge in [-0.1, -0.05) is 6.07 Å². The van der Waals surface area contributed by atoms with Crippen molar-refractivity contribution in [3.63, 3.8) is 0 Å². The number of carbonyl (C=O) groups is 1. The molecule has 1 aliphatic heterocycles. The molecule has 0 radical (unpaired) electrons. The van der Waals surface area contributed by atoms with Crippen LogP contribution < -0.4 is 4.72 Å². The summed E-state index contributed by atoms with van der Waals surface area (Å²) >= 11 is 0. The van der Waals surface area contributed by atoms with Crippen molar-refractivity contribution in [2.75, 3.05) is 19.6 Å². The number of piperidine rings is 1. The van der Waals surface area contributed by atoms with E-state index in [0.29, 0.717) is 37.8 Å². The van der Waals surface area contributed by atoms with Crippen molar-refractivity contribution >= 4 is 22.0 Å². The second kappa shape index (κ2) is 9.05. The summed E-state index contributed by atoms with van der Waals surface area (Å²) in [4.78, 5) is 13.4. The molecule has 0 aliphatic carbocycles. The Hall–Kier alpha value is -2.59. The smallest absolute Gasteiger partial charge is 0.416 e. The molecule has 0 spiro atoms. The van der Waals surface area contributed by atoms with Crippen LogP contribution in [-0.2, 0) is 21.0 Å². The molecule has 1 fully saturated rings. The molecule has 0 atom stereocenters. The third kappa shape index (κ3) is 5.73. The average molecular weight is 442 g/mol. The van der Waals surface area contributed by atoms with Crippen LogP contribution in [-0.4, -0.2) is 38.9 Å². The van der Waals surface area contributed by atoms with E-state index in [1.807, 2.05) is 0 Å². The van der Waals surface area contributed by atoms with Gasteiger partial charge in [0.1, 0.15) is 5.76 Å². The lowest BCUT2D eigenvalue weighted by atomic mass is 9.97. The quantitative estimate of drug-likeness (QED) is 0.695. The molecular weight excluding hydrogens is 421 g/mol. The summed E-state index contributed by atoms with van der Waals surface area (Å²) in [5.74, 6) is 0.403. The average Bonchev–Trinajstić information content (AvgIpc) is 3.24. The molecule has 0 bridgehead atoms. The minimum Gasteiger partial charge on any atom is -0.465 e. The van der Waals surface area contributed by atoms with E-state index in [2.05, 4.69) is 4.72 Å². The largest absolute Gasteiger partial charge is 0.465 e. The van der Waals surface area contributed by atoms with Crippen LogP contribution in [0, 0.1) is 5.92 Å². The van der Waals surface area contributed by atoms with Gasteiger partial charge in [-0.2, -0.15) is 13.2 Å². The van der Waals surface area contributed by atoms with E-state index >= 15 is 0 Å². The van der Waals surface area contributed by atoms with Gasteiger partial charge in [-0.25, -0.2) is 13.1 Å². The van der Waals surface area contributed by atoms with Gasteiger partial charge in [0.2, 0.25) is 15.9 Å². The first kappa shape index (κ1) is 22.1. The van der Waals surface area contributed by atoms with Crippen LogP contribution in [0.4, 0.5) is 13.2 Å². The first-order chi connectivity index (χ1) is 14.1. The maximum Gasteiger partial charge on any atom is 0.416 e. The number of hydrogen-bond donors (Lipinski definition) is 1. The second-order valence-corrected chi connectivity index (χ2v) is 8.76. The number of carbonyl (C=O) groups excluding carboxylic acids is 1. The number of nitrogens with one attached hydrogen (secondary N) is 1. The highest BCUT2D eigenvalue weighted by molar-refractivity contribution is 7.89. The Balaban J connectivity index is 1.51. The zero-order chi connectivity index (χ0) is 21.8. The van der Waals surface area contributed by atoms with Crippen molar-refractivity contribution < 1.29 is 30.8 Å². The molecule has 1 amide bonds. The first-order valence-electron chi connectivity index (χ1n) is 9.32. The van der Waals surface area contributed by atoms with E-state index in [4.69, 9.17) is 4.42 Å². The predicted molar refractivity (Wildman–Crippen MR) is 104 cm³/mol. The van der Waals surface area contributed by atoms with Crippen LogP contribution in [0.15, 0.2) is 58.1 Å². The molecule has 30 heavy (non-hydrogen) atoms. The molecular formula is C20H21F3N2O4S. The number of furan rings is 1. The SMILES string of the molecule is O=C(/C=C/c1ccco1)N1CCC(CNS(=O)(=O)c2cccc(C(F)(F)F)c2)CC1. The lowest BCUT2D eigenvalue weighted by Gasteiger charge is -2.31. The van der Waals surface area contributed by atoms with Gasteiger partial charge in [0.25, 0.3) is 0 Å². The van der Waals surface area contributed by atoms with E-state index in [1.54, 1.807) is 23.1 Å². The number of hydrogen-bond acceptors (Lipinski definition) is 4. The highest BCUT2D eigenvalue weighted by Crippen LogP contribution is 2.30. The van der Waals surface area contributed by atoms with E-state index in [9.17, 15) is 26.4 Å². The maximum absolute atomic E-state index is 12.8. The zero-order valence-corrected chi connectivity index (χ0v) is 16.7. The van der Waals surface area contributed by atoms with Gasteiger partial charge in [-0.3, -0.25) is 4.79 Å². The van der Waals surface area contributed by atoms with Gasteiger partial charge >= 0.3 is 6.18 Å². The lowest BCUT2D eigenvalue weighted by Crippen LogP contribution is -2.40. The van der Waals surface area contributed by atoms with E-state index in [0.717, 1.165) is 18.2 Å². The molecule has 0 saturated carbocycles. The summed E-state index contributed by atoms with van der Waals surface area (Å²) in [5.41, 5.74) is -1.01. The normalized spacial score (nSPS) is 16.3. The fourth-order valence-electron chi connectivity index (χ4n) is 3.15. The number of nitrogens with zero attached hydrogens (tertiary/aromatic N) is 1. The fraction of sp³-hybridized carbons (Fsp3) is 0.350. The number of benzene rings is 1. The van der Waals surface area contributed by atoms with Crippen LogP contribution in [0.2, 0.25) is 0 Å². The molecule has 2 aromatic rings. The number of rotatable bonds is 6. The fourth-order valence-corrected chi connectivity index (χ4v) is 4.31. The van der Waals surface area contributed by atoms with Crippen molar-refractivity contribution in [1.82, 2.24) is 9.62 Å². The van der Waals surface area contributed by atoms with Crippen molar-refractivity contribution in [1.29, 1.82) is 0 Å². The lowest BCUT2D eigenvalue weighted by molar-refractivity contribution is -0.137. The Morgan fingerprint density at radius 2 is 1.93 bits per heavy atom. The monoisotopic (exact) mass is 442 g/mol. The van der Waals surface area contributed by atoms with E-state index < -0.39 is 26.7 Å². The maximum atomic E-state index is 12.8. The topological polar surface area (TPSA) is 79.6 Å². The van der Waals surface area contributed by atoms with Crippen LogP contribution in [0.25, 0.3) is 6.08 Å². The molecule has 1 N–H and O–H groups in total. The summed E-state index contributed by atoms with van der Waals surface area (Å²) in [7, 11) is -4.06. The summed E-state index contributed by atoms with van der Waals surface area (Å²) < 4.78 is 70.7. The standard InChI is InChI=1S/C20H21F3N2O4S/c21-20(22,23)16-3-1-5-18(13-16)30(27,28)24-14-15-8-10-25(11-9-15)19(26)7-6-17-4-2-12-29-17/h1-7,12-13,15,24H,8-11,14H2/b7-6+. The summed E-state index contributed by atoms with van der Waals surface area (Å²) in [6, 6.07) is 7.09. The highest BCUT2D eigenvalue weighted by Gasteiger charge is 2.32. The predicted octanol–water partition coefficient (Wildman–Crippen LogP) is 3.53. The highest BCUT2D eigenvalue weighted by atomic mass is 32.2. The number of alkyl halides is 3. The molecule has 1 aromatic carbocycles. The number of amides is 1. The molecule has 0 unspecified atom stereocenters. The van der Waals surface area contributed by atoms with Crippen LogP contribution in [0.1, 0.15) is 24.2 Å². The third-order valence-corrected chi connectivity index (χ3v) is 6.31. The van der Waals surface area contributed by atoms with Gasteiger partial charge < -0.3 is 9.32 Å².